The third-order valence-corrected chi connectivity index (χ3v) is 5.01. The Morgan fingerprint density at radius 2 is 1.90 bits per heavy atom. The van der Waals surface area contributed by atoms with Crippen LogP contribution in [0.25, 0.3) is 0 Å². The van der Waals surface area contributed by atoms with Gasteiger partial charge in [-0.05, 0) is 24.6 Å². The molecule has 0 spiro atoms. The second-order valence-corrected chi connectivity index (χ2v) is 6.50. The van der Waals surface area contributed by atoms with Crippen molar-refractivity contribution >= 4 is 27.3 Å². The lowest BCUT2D eigenvalue weighted by molar-refractivity contribution is -0.135. The molecule has 0 aliphatic carbocycles. The van der Waals surface area contributed by atoms with E-state index in [0.29, 0.717) is 4.31 Å². The average molecular weight is 331 g/mol. The summed E-state index contributed by atoms with van der Waals surface area (Å²) in [6.07, 6.45) is -4.62. The summed E-state index contributed by atoms with van der Waals surface area (Å²) >= 11 is 5.74. The number of hydrogen-bond acceptors (Lipinski definition) is 3. The molecule has 0 saturated carbocycles. The lowest BCUT2D eigenvalue weighted by Crippen LogP contribution is -2.39. The highest BCUT2D eigenvalue weighted by atomic mass is 35.5. The number of hydrogen-bond donors (Lipinski definition) is 1. The zero-order chi connectivity index (χ0) is 15.7. The molecule has 0 radical (unpaired) electrons. The molecule has 1 aromatic rings. The van der Waals surface area contributed by atoms with Gasteiger partial charge in [-0.25, -0.2) is 8.42 Å². The van der Waals surface area contributed by atoms with Gasteiger partial charge in [0, 0.05) is 6.54 Å². The Balaban J connectivity index is 3.31. The number of sulfonamides is 1. The lowest BCUT2D eigenvalue weighted by atomic mass is 10.2. The number of anilines is 1. The van der Waals surface area contributed by atoms with Gasteiger partial charge in [-0.2, -0.15) is 17.5 Å². The number of nitrogens with zero attached hydrogens (tertiary/aromatic N) is 1. The summed E-state index contributed by atoms with van der Waals surface area (Å²) in [6.45, 7) is 0.926. The Hall–Kier alpha value is -0.990. The fourth-order valence-corrected chi connectivity index (χ4v) is 3.55. The third kappa shape index (κ3) is 3.77. The van der Waals surface area contributed by atoms with Gasteiger partial charge in [0.15, 0.2) is 0 Å². The Kier molecular flexibility index (Phi) is 4.94. The minimum Gasteiger partial charge on any atom is -0.397 e. The van der Waals surface area contributed by atoms with E-state index in [1.165, 1.54) is 19.9 Å². The SMILES string of the molecule is CCN(CC(F)(F)F)S(=O)(=O)c1cc(N)c(Cl)cc1C. The fourth-order valence-electron chi connectivity index (χ4n) is 1.65. The zero-order valence-electron chi connectivity index (χ0n) is 10.8. The van der Waals surface area contributed by atoms with E-state index in [0.717, 1.165) is 6.07 Å². The largest absolute Gasteiger partial charge is 0.402 e. The molecule has 20 heavy (non-hydrogen) atoms. The van der Waals surface area contributed by atoms with Crippen molar-refractivity contribution in [2.45, 2.75) is 24.9 Å². The van der Waals surface area contributed by atoms with Crippen molar-refractivity contribution in [1.82, 2.24) is 4.31 Å². The monoisotopic (exact) mass is 330 g/mol. The van der Waals surface area contributed by atoms with Crippen molar-refractivity contribution in [3.05, 3.63) is 22.7 Å². The maximum absolute atomic E-state index is 12.4. The molecule has 0 amide bonds. The van der Waals surface area contributed by atoms with E-state index in [9.17, 15) is 21.6 Å². The number of nitrogens with two attached hydrogens (primary N) is 1. The fraction of sp³-hybridized carbons (Fsp3) is 0.455. The van der Waals surface area contributed by atoms with Crippen LogP contribution in [0, 0.1) is 6.92 Å². The van der Waals surface area contributed by atoms with E-state index in [1.807, 2.05) is 0 Å². The van der Waals surface area contributed by atoms with E-state index >= 15 is 0 Å². The summed E-state index contributed by atoms with van der Waals surface area (Å²) in [5, 5.41) is 0.153. The second-order valence-electron chi connectivity index (χ2n) is 4.19. The molecule has 0 unspecified atom stereocenters. The van der Waals surface area contributed by atoms with Crippen molar-refractivity contribution in [2.24, 2.45) is 0 Å². The van der Waals surface area contributed by atoms with Crippen LogP contribution in [-0.2, 0) is 10.0 Å². The Morgan fingerprint density at radius 3 is 2.35 bits per heavy atom. The van der Waals surface area contributed by atoms with Crippen LogP contribution in [0.2, 0.25) is 5.02 Å². The molecule has 9 heteroatoms. The lowest BCUT2D eigenvalue weighted by Gasteiger charge is -2.23. The summed E-state index contributed by atoms with van der Waals surface area (Å²) in [4.78, 5) is -0.273. The minimum atomic E-state index is -4.62. The molecule has 0 saturated heterocycles. The van der Waals surface area contributed by atoms with Crippen molar-refractivity contribution in [2.75, 3.05) is 18.8 Å². The predicted molar refractivity (Wildman–Crippen MR) is 71.1 cm³/mol. The van der Waals surface area contributed by atoms with Gasteiger partial charge in [-0.15, -0.1) is 0 Å². The van der Waals surface area contributed by atoms with Crippen LogP contribution < -0.4 is 5.73 Å². The van der Waals surface area contributed by atoms with E-state index in [4.69, 9.17) is 17.3 Å². The first-order valence-corrected chi connectivity index (χ1v) is 7.43. The minimum absolute atomic E-state index is 0.00102. The normalized spacial score (nSPS) is 12.9. The van der Waals surface area contributed by atoms with Crippen LogP contribution in [-0.4, -0.2) is 32.0 Å². The summed E-state index contributed by atoms with van der Waals surface area (Å²) in [7, 11) is -4.28. The molecule has 0 fully saturated rings. The first-order valence-electron chi connectivity index (χ1n) is 5.61. The van der Waals surface area contributed by atoms with Crippen LogP contribution in [0.4, 0.5) is 18.9 Å². The van der Waals surface area contributed by atoms with E-state index in [2.05, 4.69) is 0 Å². The van der Waals surface area contributed by atoms with Gasteiger partial charge in [0.1, 0.15) is 6.54 Å². The van der Waals surface area contributed by atoms with Crippen molar-refractivity contribution in [1.29, 1.82) is 0 Å². The topological polar surface area (TPSA) is 63.4 Å². The number of halogens is 4. The summed E-state index contributed by atoms with van der Waals surface area (Å²) in [6, 6.07) is 2.39. The van der Waals surface area contributed by atoms with Gasteiger partial charge in [0.2, 0.25) is 10.0 Å². The molecule has 0 aromatic heterocycles. The summed E-state index contributed by atoms with van der Waals surface area (Å²) in [5.74, 6) is 0. The van der Waals surface area contributed by atoms with Gasteiger partial charge in [-0.3, -0.25) is 0 Å². The Bertz CT molecular complexity index is 602. The molecular formula is C11H14ClF3N2O2S. The molecule has 1 rings (SSSR count). The number of alkyl halides is 3. The Morgan fingerprint density at radius 1 is 1.35 bits per heavy atom. The first-order chi connectivity index (χ1) is 8.99. The maximum Gasteiger partial charge on any atom is 0.402 e. The molecule has 2 N–H and O–H groups in total. The van der Waals surface area contributed by atoms with Crippen LogP contribution in [0.5, 0.6) is 0 Å². The van der Waals surface area contributed by atoms with E-state index in [1.54, 1.807) is 0 Å². The first kappa shape index (κ1) is 17.1. The van der Waals surface area contributed by atoms with Crippen LogP contribution in [0.1, 0.15) is 12.5 Å². The van der Waals surface area contributed by atoms with Gasteiger partial charge < -0.3 is 5.73 Å². The predicted octanol–water partition coefficient (Wildman–Crippen LogP) is 2.80. The van der Waals surface area contributed by atoms with Crippen LogP contribution in [0.3, 0.4) is 0 Å². The van der Waals surface area contributed by atoms with E-state index in [-0.39, 0.29) is 27.7 Å². The van der Waals surface area contributed by atoms with Gasteiger partial charge in [0.25, 0.3) is 0 Å². The molecule has 1 aromatic carbocycles. The number of aryl methyl sites for hydroxylation is 1. The summed E-state index contributed by atoms with van der Waals surface area (Å²) < 4.78 is 62.1. The zero-order valence-corrected chi connectivity index (χ0v) is 12.4. The van der Waals surface area contributed by atoms with Gasteiger partial charge >= 0.3 is 6.18 Å². The van der Waals surface area contributed by atoms with Crippen LogP contribution in [0.15, 0.2) is 17.0 Å². The van der Waals surface area contributed by atoms with Crippen molar-refractivity contribution in [3.8, 4) is 0 Å². The van der Waals surface area contributed by atoms with Crippen LogP contribution >= 0.6 is 11.6 Å². The van der Waals surface area contributed by atoms with Crippen molar-refractivity contribution in [3.63, 3.8) is 0 Å². The van der Waals surface area contributed by atoms with Gasteiger partial charge in [0.05, 0.1) is 15.6 Å². The molecule has 4 nitrogen and oxygen atoms in total. The molecule has 0 bridgehead atoms. The second kappa shape index (κ2) is 5.79. The highest BCUT2D eigenvalue weighted by molar-refractivity contribution is 7.89. The number of nitrogen functional groups attached to an aromatic ring is 1. The molecule has 0 aliphatic heterocycles. The molecule has 0 heterocycles. The molecular weight excluding hydrogens is 317 g/mol. The number of rotatable bonds is 4. The third-order valence-electron chi connectivity index (χ3n) is 2.62. The highest BCUT2D eigenvalue weighted by Crippen LogP contribution is 2.29. The Labute approximate surface area is 120 Å². The summed E-state index contributed by atoms with van der Waals surface area (Å²) in [5.41, 5.74) is 5.76. The molecule has 0 aliphatic rings. The molecule has 0 atom stereocenters. The van der Waals surface area contributed by atoms with E-state index < -0.39 is 22.7 Å². The maximum atomic E-state index is 12.4. The van der Waals surface area contributed by atoms with Gasteiger partial charge in [-0.1, -0.05) is 18.5 Å². The average Bonchev–Trinajstić information content (AvgIpc) is 2.29. The standard InChI is InChI=1S/C11H14ClF3N2O2S/c1-3-17(6-11(13,14)15)20(18,19)10-5-9(16)8(12)4-7(10)2/h4-5H,3,6,16H2,1-2H3. The number of benzene rings is 1. The smallest absolute Gasteiger partial charge is 0.397 e. The highest BCUT2D eigenvalue weighted by Gasteiger charge is 2.36. The molecule has 114 valence electrons. The quantitative estimate of drug-likeness (QED) is 0.863. The van der Waals surface area contributed by atoms with Crippen molar-refractivity contribution < 1.29 is 21.6 Å².